The predicted octanol–water partition coefficient (Wildman–Crippen LogP) is 3.50. The van der Waals surface area contributed by atoms with E-state index in [1.165, 1.54) is 0 Å². The highest BCUT2D eigenvalue weighted by Crippen LogP contribution is 2.24. The lowest BCUT2D eigenvalue weighted by atomic mass is 9.89. The lowest BCUT2D eigenvalue weighted by molar-refractivity contribution is 0.0882. The standard InChI is InChI=1S/C20H23NO2/c22-19(15-8-3-1-4-9-15)14-17-12-7-13-18(21-17)20(23)16-10-5-2-6-11-16/h1-6,8-11,17-19,21-22H,7,12-14H2/t17-,18-,19-/m0/s1. The molecule has 2 aromatic rings. The summed E-state index contributed by atoms with van der Waals surface area (Å²) in [7, 11) is 0. The molecule has 1 aliphatic rings. The maximum absolute atomic E-state index is 12.6. The van der Waals surface area contributed by atoms with E-state index in [1.807, 2.05) is 60.7 Å². The molecule has 3 nitrogen and oxygen atoms in total. The lowest BCUT2D eigenvalue weighted by Gasteiger charge is -2.31. The number of carbonyl (C=O) groups is 1. The fourth-order valence-electron chi connectivity index (χ4n) is 3.30. The van der Waals surface area contributed by atoms with Gasteiger partial charge in [-0.2, -0.15) is 0 Å². The van der Waals surface area contributed by atoms with Crippen LogP contribution in [0.1, 0.15) is 47.7 Å². The summed E-state index contributed by atoms with van der Waals surface area (Å²) in [5.41, 5.74) is 1.69. The first-order valence-electron chi connectivity index (χ1n) is 8.32. The van der Waals surface area contributed by atoms with Crippen LogP contribution in [0.3, 0.4) is 0 Å². The van der Waals surface area contributed by atoms with Crippen molar-refractivity contribution in [2.75, 3.05) is 0 Å². The van der Waals surface area contributed by atoms with Gasteiger partial charge in [0.1, 0.15) is 0 Å². The Morgan fingerprint density at radius 1 is 1.04 bits per heavy atom. The Morgan fingerprint density at radius 3 is 2.39 bits per heavy atom. The van der Waals surface area contributed by atoms with E-state index >= 15 is 0 Å². The molecule has 23 heavy (non-hydrogen) atoms. The first-order chi connectivity index (χ1) is 11.2. The van der Waals surface area contributed by atoms with E-state index < -0.39 is 6.10 Å². The van der Waals surface area contributed by atoms with Crippen LogP contribution in [0.5, 0.6) is 0 Å². The fraction of sp³-hybridized carbons (Fsp3) is 0.350. The minimum absolute atomic E-state index is 0.140. The monoisotopic (exact) mass is 309 g/mol. The number of hydrogen-bond donors (Lipinski definition) is 2. The van der Waals surface area contributed by atoms with Gasteiger partial charge in [0.15, 0.2) is 5.78 Å². The molecule has 0 unspecified atom stereocenters. The Morgan fingerprint density at radius 2 is 1.70 bits per heavy atom. The third-order valence-electron chi connectivity index (χ3n) is 4.55. The Balaban J connectivity index is 1.61. The van der Waals surface area contributed by atoms with Crippen molar-refractivity contribution in [1.29, 1.82) is 0 Å². The summed E-state index contributed by atoms with van der Waals surface area (Å²) in [6.45, 7) is 0. The average Bonchev–Trinajstić information content (AvgIpc) is 2.63. The predicted molar refractivity (Wildman–Crippen MR) is 91.4 cm³/mol. The molecule has 0 amide bonds. The molecule has 1 fully saturated rings. The summed E-state index contributed by atoms with van der Waals surface area (Å²) in [5, 5.41) is 13.8. The third-order valence-corrected chi connectivity index (χ3v) is 4.55. The van der Waals surface area contributed by atoms with Gasteiger partial charge in [0, 0.05) is 11.6 Å². The van der Waals surface area contributed by atoms with Gasteiger partial charge in [0.05, 0.1) is 12.1 Å². The van der Waals surface area contributed by atoms with Gasteiger partial charge in [0.25, 0.3) is 0 Å². The van der Waals surface area contributed by atoms with E-state index in [2.05, 4.69) is 5.32 Å². The second-order valence-corrected chi connectivity index (χ2v) is 6.24. The van der Waals surface area contributed by atoms with E-state index in [4.69, 9.17) is 0 Å². The van der Waals surface area contributed by atoms with E-state index in [9.17, 15) is 9.90 Å². The molecule has 1 aliphatic heterocycles. The second-order valence-electron chi connectivity index (χ2n) is 6.24. The van der Waals surface area contributed by atoms with Crippen LogP contribution < -0.4 is 5.32 Å². The zero-order chi connectivity index (χ0) is 16.1. The number of aliphatic hydroxyl groups excluding tert-OH is 1. The topological polar surface area (TPSA) is 49.3 Å². The number of piperidine rings is 1. The summed E-state index contributed by atoms with van der Waals surface area (Å²) in [6.07, 6.45) is 3.04. The maximum atomic E-state index is 12.6. The van der Waals surface area contributed by atoms with Crippen molar-refractivity contribution in [3.63, 3.8) is 0 Å². The number of carbonyl (C=O) groups excluding carboxylic acids is 1. The summed E-state index contributed by atoms with van der Waals surface area (Å²) in [5.74, 6) is 0.157. The Bertz CT molecular complexity index is 627. The largest absolute Gasteiger partial charge is 0.388 e. The van der Waals surface area contributed by atoms with Gasteiger partial charge < -0.3 is 10.4 Å². The zero-order valence-electron chi connectivity index (χ0n) is 13.2. The summed E-state index contributed by atoms with van der Waals surface area (Å²) in [6, 6.07) is 19.2. The van der Waals surface area contributed by atoms with Gasteiger partial charge in [-0.3, -0.25) is 4.79 Å². The molecule has 3 rings (SSSR count). The highest BCUT2D eigenvalue weighted by Gasteiger charge is 2.28. The smallest absolute Gasteiger partial charge is 0.179 e. The van der Waals surface area contributed by atoms with Crippen molar-refractivity contribution in [2.45, 2.75) is 43.9 Å². The molecule has 3 atom stereocenters. The number of ketones is 1. The van der Waals surface area contributed by atoms with Gasteiger partial charge in [0.2, 0.25) is 0 Å². The Hall–Kier alpha value is -1.97. The van der Waals surface area contributed by atoms with Crippen molar-refractivity contribution in [3.05, 3.63) is 71.8 Å². The third kappa shape index (κ3) is 4.06. The van der Waals surface area contributed by atoms with E-state index in [-0.39, 0.29) is 17.9 Å². The van der Waals surface area contributed by atoms with Crippen LogP contribution in [0.25, 0.3) is 0 Å². The van der Waals surface area contributed by atoms with Crippen LogP contribution in [0, 0.1) is 0 Å². The first kappa shape index (κ1) is 15.9. The molecule has 3 heteroatoms. The van der Waals surface area contributed by atoms with Crippen molar-refractivity contribution in [3.8, 4) is 0 Å². The number of aliphatic hydroxyl groups is 1. The molecule has 0 bridgehead atoms. The number of rotatable bonds is 5. The van der Waals surface area contributed by atoms with E-state index in [0.717, 1.165) is 30.4 Å². The van der Waals surface area contributed by atoms with E-state index in [1.54, 1.807) is 0 Å². The molecule has 1 heterocycles. The molecule has 0 aromatic heterocycles. The quantitative estimate of drug-likeness (QED) is 0.831. The molecule has 120 valence electrons. The average molecular weight is 309 g/mol. The Kier molecular flexibility index (Phi) is 5.21. The second kappa shape index (κ2) is 7.53. The number of benzene rings is 2. The van der Waals surface area contributed by atoms with Gasteiger partial charge in [-0.15, -0.1) is 0 Å². The molecule has 0 radical (unpaired) electrons. The highest BCUT2D eigenvalue weighted by atomic mass is 16.3. The van der Waals surface area contributed by atoms with Crippen LogP contribution in [0.4, 0.5) is 0 Å². The molecule has 0 saturated carbocycles. The molecule has 0 aliphatic carbocycles. The van der Waals surface area contributed by atoms with Gasteiger partial charge in [-0.05, 0) is 31.2 Å². The molecular formula is C20H23NO2. The molecule has 0 spiro atoms. The first-order valence-corrected chi connectivity index (χ1v) is 8.32. The summed E-state index contributed by atoms with van der Waals surface area (Å²) < 4.78 is 0. The zero-order valence-corrected chi connectivity index (χ0v) is 13.2. The SMILES string of the molecule is O=C(c1ccccc1)[C@@H]1CCC[C@@H](C[C@H](O)c2ccccc2)N1. The van der Waals surface area contributed by atoms with Crippen LogP contribution in [0.2, 0.25) is 0 Å². The van der Waals surface area contributed by atoms with Crippen LogP contribution in [0.15, 0.2) is 60.7 Å². The van der Waals surface area contributed by atoms with Crippen LogP contribution >= 0.6 is 0 Å². The molecule has 1 saturated heterocycles. The van der Waals surface area contributed by atoms with Crippen molar-refractivity contribution in [1.82, 2.24) is 5.32 Å². The Labute approximate surface area is 137 Å². The summed E-state index contributed by atoms with van der Waals surface area (Å²) in [4.78, 5) is 12.6. The molecule has 2 aromatic carbocycles. The van der Waals surface area contributed by atoms with Gasteiger partial charge >= 0.3 is 0 Å². The van der Waals surface area contributed by atoms with Crippen LogP contribution in [-0.2, 0) is 0 Å². The van der Waals surface area contributed by atoms with E-state index in [0.29, 0.717) is 6.42 Å². The van der Waals surface area contributed by atoms with Crippen molar-refractivity contribution < 1.29 is 9.90 Å². The van der Waals surface area contributed by atoms with Crippen molar-refractivity contribution >= 4 is 5.78 Å². The number of nitrogens with one attached hydrogen (secondary N) is 1. The number of Topliss-reactive ketones (excluding diaryl/α,β-unsaturated/α-hetero) is 1. The minimum atomic E-state index is -0.487. The highest BCUT2D eigenvalue weighted by molar-refractivity contribution is 6.00. The van der Waals surface area contributed by atoms with Crippen LogP contribution in [-0.4, -0.2) is 23.0 Å². The molecule has 2 N–H and O–H groups in total. The maximum Gasteiger partial charge on any atom is 0.179 e. The number of hydrogen-bond acceptors (Lipinski definition) is 3. The fourth-order valence-corrected chi connectivity index (χ4v) is 3.30. The van der Waals surface area contributed by atoms with Gasteiger partial charge in [-0.1, -0.05) is 60.7 Å². The molecular weight excluding hydrogens is 286 g/mol. The lowest BCUT2D eigenvalue weighted by Crippen LogP contribution is -2.47. The normalized spacial score (nSPS) is 22.5. The summed E-state index contributed by atoms with van der Waals surface area (Å²) >= 11 is 0. The van der Waals surface area contributed by atoms with Crippen molar-refractivity contribution in [2.24, 2.45) is 0 Å². The minimum Gasteiger partial charge on any atom is -0.388 e. The van der Waals surface area contributed by atoms with Gasteiger partial charge in [-0.25, -0.2) is 0 Å².